The maximum atomic E-state index is 13.3. The van der Waals surface area contributed by atoms with Crippen LogP contribution in [0.15, 0.2) is 52.2 Å². The van der Waals surface area contributed by atoms with Crippen molar-refractivity contribution < 1.29 is 9.84 Å². The maximum absolute atomic E-state index is 13.3. The third-order valence-electron chi connectivity index (χ3n) is 5.07. The SMILES string of the molecule is Cc1cc(Oc2nc3c(c(=O)n(CCCO)c(=O)n3C)n2Cc2ccc(Cl)cc2)ccn1. The van der Waals surface area contributed by atoms with Gasteiger partial charge in [-0.1, -0.05) is 23.7 Å². The zero-order valence-corrected chi connectivity index (χ0v) is 18.4. The fourth-order valence-electron chi connectivity index (χ4n) is 3.46. The molecule has 0 spiro atoms. The second kappa shape index (κ2) is 8.97. The quantitative estimate of drug-likeness (QED) is 0.459. The van der Waals surface area contributed by atoms with Gasteiger partial charge in [-0.15, -0.1) is 0 Å². The van der Waals surface area contributed by atoms with Crippen molar-refractivity contribution in [3.8, 4) is 11.8 Å². The van der Waals surface area contributed by atoms with Gasteiger partial charge in [0.25, 0.3) is 5.56 Å². The lowest BCUT2D eigenvalue weighted by atomic mass is 10.2. The van der Waals surface area contributed by atoms with Gasteiger partial charge in [0.05, 0.1) is 6.54 Å². The van der Waals surface area contributed by atoms with Crippen LogP contribution in [0.3, 0.4) is 0 Å². The molecule has 3 aromatic heterocycles. The number of benzene rings is 1. The van der Waals surface area contributed by atoms with E-state index in [1.54, 1.807) is 42.1 Å². The Labute approximate surface area is 188 Å². The first kappa shape index (κ1) is 21.8. The molecule has 1 aromatic carbocycles. The van der Waals surface area contributed by atoms with Gasteiger partial charge in [-0.2, -0.15) is 4.98 Å². The first-order valence-corrected chi connectivity index (χ1v) is 10.4. The molecule has 0 atom stereocenters. The Bertz CT molecular complexity index is 1390. The Morgan fingerprint density at radius 2 is 1.88 bits per heavy atom. The number of aliphatic hydroxyl groups excluding tert-OH is 1. The van der Waals surface area contributed by atoms with Crippen molar-refractivity contribution >= 4 is 22.8 Å². The summed E-state index contributed by atoms with van der Waals surface area (Å²) in [4.78, 5) is 34.7. The number of rotatable bonds is 7. The molecule has 0 amide bonds. The number of fused-ring (bicyclic) bond motifs is 1. The Morgan fingerprint density at radius 1 is 1.12 bits per heavy atom. The molecule has 9 nitrogen and oxygen atoms in total. The summed E-state index contributed by atoms with van der Waals surface area (Å²) in [6.07, 6.45) is 1.90. The summed E-state index contributed by atoms with van der Waals surface area (Å²) in [6.45, 7) is 2.09. The lowest BCUT2D eigenvalue weighted by Gasteiger charge is -2.11. The number of imidazole rings is 1. The van der Waals surface area contributed by atoms with E-state index in [0.29, 0.717) is 10.8 Å². The monoisotopic (exact) mass is 455 g/mol. The Hall–Kier alpha value is -3.43. The van der Waals surface area contributed by atoms with E-state index < -0.39 is 11.2 Å². The maximum Gasteiger partial charge on any atom is 0.332 e. The fraction of sp³-hybridized carbons (Fsp3) is 0.273. The van der Waals surface area contributed by atoms with Crippen LogP contribution in [0, 0.1) is 6.92 Å². The van der Waals surface area contributed by atoms with Gasteiger partial charge < -0.3 is 9.84 Å². The minimum atomic E-state index is -0.501. The molecule has 10 heteroatoms. The van der Waals surface area contributed by atoms with Crippen molar-refractivity contribution in [1.29, 1.82) is 0 Å². The number of hydrogen-bond acceptors (Lipinski definition) is 6. The molecule has 0 unspecified atom stereocenters. The zero-order valence-electron chi connectivity index (χ0n) is 17.7. The first-order valence-electron chi connectivity index (χ1n) is 10.0. The normalized spacial score (nSPS) is 11.2. The summed E-state index contributed by atoms with van der Waals surface area (Å²) in [5.74, 6) is 0.510. The van der Waals surface area contributed by atoms with Crippen LogP contribution < -0.4 is 16.0 Å². The predicted molar refractivity (Wildman–Crippen MR) is 121 cm³/mol. The highest BCUT2D eigenvalue weighted by Gasteiger charge is 2.22. The highest BCUT2D eigenvalue weighted by Crippen LogP contribution is 2.25. The molecule has 166 valence electrons. The van der Waals surface area contributed by atoms with E-state index in [1.807, 2.05) is 19.1 Å². The number of ether oxygens (including phenoxy) is 1. The average Bonchev–Trinajstić information content (AvgIpc) is 3.12. The van der Waals surface area contributed by atoms with E-state index in [1.165, 1.54) is 4.57 Å². The lowest BCUT2D eigenvalue weighted by Crippen LogP contribution is -2.39. The van der Waals surface area contributed by atoms with Gasteiger partial charge in [-0.3, -0.25) is 23.5 Å². The molecule has 0 aliphatic rings. The van der Waals surface area contributed by atoms with Crippen molar-refractivity contribution in [1.82, 2.24) is 23.7 Å². The van der Waals surface area contributed by atoms with E-state index in [2.05, 4.69) is 9.97 Å². The summed E-state index contributed by atoms with van der Waals surface area (Å²) in [5.41, 5.74) is 1.11. The Kier molecular flexibility index (Phi) is 6.11. The van der Waals surface area contributed by atoms with Gasteiger partial charge in [0.2, 0.25) is 0 Å². The largest absolute Gasteiger partial charge is 0.425 e. The number of aliphatic hydroxyl groups is 1. The first-order chi connectivity index (χ1) is 15.4. The smallest absolute Gasteiger partial charge is 0.332 e. The van der Waals surface area contributed by atoms with Gasteiger partial charge in [0.15, 0.2) is 11.2 Å². The molecule has 0 aliphatic carbocycles. The number of aryl methyl sites for hydroxylation is 2. The van der Waals surface area contributed by atoms with Crippen LogP contribution in [-0.2, 0) is 20.1 Å². The van der Waals surface area contributed by atoms with Crippen LogP contribution >= 0.6 is 11.6 Å². The van der Waals surface area contributed by atoms with E-state index in [9.17, 15) is 14.7 Å². The van der Waals surface area contributed by atoms with Crippen LogP contribution in [0.25, 0.3) is 11.2 Å². The minimum Gasteiger partial charge on any atom is -0.425 e. The Morgan fingerprint density at radius 3 is 2.56 bits per heavy atom. The molecule has 0 aliphatic heterocycles. The molecular weight excluding hydrogens is 434 g/mol. The molecular formula is C22H22ClN5O4. The zero-order chi connectivity index (χ0) is 22.8. The van der Waals surface area contributed by atoms with E-state index in [0.717, 1.165) is 15.8 Å². The highest BCUT2D eigenvalue weighted by molar-refractivity contribution is 6.30. The van der Waals surface area contributed by atoms with Crippen molar-refractivity contribution in [3.05, 3.63) is 79.7 Å². The van der Waals surface area contributed by atoms with E-state index in [4.69, 9.17) is 16.3 Å². The van der Waals surface area contributed by atoms with Crippen molar-refractivity contribution in [2.45, 2.75) is 26.4 Å². The van der Waals surface area contributed by atoms with Crippen LogP contribution in [0.2, 0.25) is 5.02 Å². The standard InChI is InChI=1S/C22H22ClN5O4/c1-14-12-17(8-9-24-14)32-21-25-19-18(28(21)13-15-4-6-16(23)7-5-15)20(30)27(10-3-11-29)22(31)26(19)2/h4-9,12,29H,3,10-11,13H2,1-2H3. The van der Waals surface area contributed by atoms with Crippen LogP contribution in [0.1, 0.15) is 17.7 Å². The number of pyridine rings is 1. The Balaban J connectivity index is 1.93. The van der Waals surface area contributed by atoms with Crippen molar-refractivity contribution in [2.75, 3.05) is 6.61 Å². The summed E-state index contributed by atoms with van der Waals surface area (Å²) in [5, 5.41) is 9.78. The minimum absolute atomic E-state index is 0.101. The van der Waals surface area contributed by atoms with Crippen molar-refractivity contribution in [2.24, 2.45) is 7.05 Å². The van der Waals surface area contributed by atoms with Crippen LogP contribution in [0.5, 0.6) is 11.8 Å². The van der Waals surface area contributed by atoms with Gasteiger partial charge in [-0.05, 0) is 37.1 Å². The molecule has 0 saturated carbocycles. The molecule has 32 heavy (non-hydrogen) atoms. The summed E-state index contributed by atoms with van der Waals surface area (Å²) in [6, 6.07) is 10.8. The molecule has 4 aromatic rings. The summed E-state index contributed by atoms with van der Waals surface area (Å²) >= 11 is 6.01. The number of halogens is 1. The number of nitrogens with zero attached hydrogens (tertiary/aromatic N) is 5. The van der Waals surface area contributed by atoms with Gasteiger partial charge >= 0.3 is 11.7 Å². The summed E-state index contributed by atoms with van der Waals surface area (Å²) in [7, 11) is 1.56. The van der Waals surface area contributed by atoms with Gasteiger partial charge in [-0.25, -0.2) is 4.79 Å². The molecule has 0 saturated heterocycles. The molecule has 0 radical (unpaired) electrons. The van der Waals surface area contributed by atoms with Crippen LogP contribution in [-0.4, -0.2) is 35.4 Å². The number of hydrogen-bond donors (Lipinski definition) is 1. The molecule has 4 rings (SSSR count). The van der Waals surface area contributed by atoms with E-state index >= 15 is 0 Å². The topological polar surface area (TPSA) is 104 Å². The second-order valence-electron chi connectivity index (χ2n) is 7.39. The summed E-state index contributed by atoms with van der Waals surface area (Å²) < 4.78 is 10.1. The third-order valence-corrected chi connectivity index (χ3v) is 5.32. The molecule has 0 fully saturated rings. The third kappa shape index (κ3) is 4.17. The molecule has 1 N–H and O–H groups in total. The average molecular weight is 456 g/mol. The van der Waals surface area contributed by atoms with Crippen molar-refractivity contribution in [3.63, 3.8) is 0 Å². The number of aromatic nitrogens is 5. The molecule has 0 bridgehead atoms. The highest BCUT2D eigenvalue weighted by atomic mass is 35.5. The second-order valence-corrected chi connectivity index (χ2v) is 7.83. The fourth-order valence-corrected chi connectivity index (χ4v) is 3.59. The predicted octanol–water partition coefficient (Wildman–Crippen LogP) is 2.48. The van der Waals surface area contributed by atoms with E-state index in [-0.39, 0.29) is 43.3 Å². The van der Waals surface area contributed by atoms with Crippen LogP contribution in [0.4, 0.5) is 0 Å². The lowest BCUT2D eigenvalue weighted by molar-refractivity contribution is 0.277. The van der Waals surface area contributed by atoms with Gasteiger partial charge in [0, 0.05) is 43.2 Å². The molecule has 3 heterocycles. The van der Waals surface area contributed by atoms with Gasteiger partial charge in [0.1, 0.15) is 5.75 Å².